The number of hydrogen-bond acceptors (Lipinski definition) is 3. The Balaban J connectivity index is 2.06. The van der Waals surface area contributed by atoms with Crippen LogP contribution in [0.2, 0.25) is 0 Å². The molecule has 0 spiro atoms. The van der Waals surface area contributed by atoms with E-state index >= 15 is 0 Å². The van der Waals surface area contributed by atoms with Crippen LogP contribution in [-0.4, -0.2) is 16.9 Å². The van der Waals surface area contributed by atoms with Crippen LogP contribution >= 0.6 is 11.8 Å². The van der Waals surface area contributed by atoms with E-state index in [1.165, 1.54) is 17.7 Å². The van der Waals surface area contributed by atoms with E-state index in [0.717, 1.165) is 0 Å². The molecule has 1 aliphatic rings. The summed E-state index contributed by atoms with van der Waals surface area (Å²) in [6.45, 7) is 2.21. The second-order valence-electron chi connectivity index (χ2n) is 3.58. The molecule has 0 aromatic heterocycles. The third-order valence-electron chi connectivity index (χ3n) is 2.54. The lowest BCUT2D eigenvalue weighted by Gasteiger charge is -2.11. The number of nitrogens with one attached hydrogen (secondary N) is 1. The van der Waals surface area contributed by atoms with E-state index in [1.807, 2.05) is 23.9 Å². The predicted molar refractivity (Wildman–Crippen MR) is 60.5 cm³/mol. The molecule has 76 valence electrons. The second-order valence-corrected chi connectivity index (χ2v) is 4.71. The Morgan fingerprint density at radius 1 is 1.43 bits per heavy atom. The summed E-state index contributed by atoms with van der Waals surface area (Å²) in [5.74, 6) is 1.52. The number of hydrogen-bond donors (Lipinski definition) is 2. The van der Waals surface area contributed by atoms with Gasteiger partial charge >= 0.3 is 0 Å². The third kappa shape index (κ3) is 2.04. The van der Waals surface area contributed by atoms with E-state index in [1.54, 1.807) is 12.1 Å². The molecule has 1 aliphatic heterocycles. The first kappa shape index (κ1) is 9.87. The van der Waals surface area contributed by atoms with Crippen LogP contribution in [0, 0.1) is 0 Å². The molecule has 2 unspecified atom stereocenters. The summed E-state index contributed by atoms with van der Waals surface area (Å²) in [6, 6.07) is 8.10. The summed E-state index contributed by atoms with van der Waals surface area (Å²) >= 11 is 1.94. The molecule has 0 amide bonds. The number of thioether (sulfide) groups is 1. The minimum Gasteiger partial charge on any atom is -0.508 e. The van der Waals surface area contributed by atoms with Gasteiger partial charge in [-0.05, 0) is 24.1 Å². The van der Waals surface area contributed by atoms with Crippen molar-refractivity contribution in [2.24, 2.45) is 0 Å². The maximum Gasteiger partial charge on any atom is 0.115 e. The molecule has 0 aliphatic carbocycles. The summed E-state index contributed by atoms with van der Waals surface area (Å²) < 4.78 is 0. The number of phenols is 1. The first-order valence-electron chi connectivity index (χ1n) is 4.96. The van der Waals surface area contributed by atoms with Crippen molar-refractivity contribution < 1.29 is 5.11 Å². The fourth-order valence-electron chi connectivity index (χ4n) is 1.60. The lowest BCUT2D eigenvalue weighted by Crippen LogP contribution is -2.24. The minimum atomic E-state index is 0.337. The minimum absolute atomic E-state index is 0.337. The number of rotatable bonds is 2. The smallest absolute Gasteiger partial charge is 0.115 e. The Labute approximate surface area is 88.7 Å². The fourth-order valence-corrected chi connectivity index (χ4v) is 2.99. The highest BCUT2D eigenvalue weighted by atomic mass is 32.2. The summed E-state index contributed by atoms with van der Waals surface area (Å²) in [5, 5.41) is 13.1. The average molecular weight is 209 g/mol. The molecule has 2 N–H and O–H groups in total. The molecule has 0 radical (unpaired) electrons. The SMILES string of the molecule is CCC1CSC(c2ccc(O)cc2)N1. The van der Waals surface area contributed by atoms with Gasteiger partial charge in [-0.1, -0.05) is 19.1 Å². The zero-order valence-corrected chi connectivity index (χ0v) is 9.05. The lowest BCUT2D eigenvalue weighted by molar-refractivity contribution is 0.474. The molecule has 2 nitrogen and oxygen atoms in total. The Hall–Kier alpha value is -0.670. The third-order valence-corrected chi connectivity index (χ3v) is 3.88. The van der Waals surface area contributed by atoms with Crippen molar-refractivity contribution >= 4 is 11.8 Å². The molecule has 1 aromatic rings. The van der Waals surface area contributed by atoms with Gasteiger partial charge in [0.25, 0.3) is 0 Å². The van der Waals surface area contributed by atoms with Crippen molar-refractivity contribution in [1.29, 1.82) is 0 Å². The summed E-state index contributed by atoms with van der Waals surface area (Å²) in [7, 11) is 0. The van der Waals surface area contributed by atoms with Crippen molar-refractivity contribution in [3.05, 3.63) is 29.8 Å². The normalized spacial score (nSPS) is 26.6. The molecule has 2 atom stereocenters. The van der Waals surface area contributed by atoms with Gasteiger partial charge in [0.1, 0.15) is 5.75 Å². The predicted octanol–water partition coefficient (Wildman–Crippen LogP) is 2.51. The summed E-state index contributed by atoms with van der Waals surface area (Å²) in [4.78, 5) is 0. The van der Waals surface area contributed by atoms with Crippen LogP contribution < -0.4 is 5.32 Å². The van der Waals surface area contributed by atoms with Crippen molar-refractivity contribution in [2.45, 2.75) is 24.8 Å². The van der Waals surface area contributed by atoms with Gasteiger partial charge in [-0.3, -0.25) is 5.32 Å². The first-order valence-corrected chi connectivity index (χ1v) is 6.01. The van der Waals surface area contributed by atoms with Gasteiger partial charge in [-0.2, -0.15) is 0 Å². The molecule has 1 heterocycles. The highest BCUT2D eigenvalue weighted by molar-refractivity contribution is 7.99. The lowest BCUT2D eigenvalue weighted by atomic mass is 10.2. The quantitative estimate of drug-likeness (QED) is 0.785. The van der Waals surface area contributed by atoms with Gasteiger partial charge < -0.3 is 5.11 Å². The Morgan fingerprint density at radius 2 is 2.14 bits per heavy atom. The van der Waals surface area contributed by atoms with Crippen LogP contribution in [0.3, 0.4) is 0 Å². The Kier molecular flexibility index (Phi) is 2.99. The second kappa shape index (κ2) is 4.24. The Morgan fingerprint density at radius 3 is 2.71 bits per heavy atom. The van der Waals surface area contributed by atoms with E-state index in [4.69, 9.17) is 0 Å². The number of benzene rings is 1. The van der Waals surface area contributed by atoms with Crippen LogP contribution in [0.5, 0.6) is 5.75 Å². The number of phenolic OH excluding ortho intramolecular Hbond substituents is 1. The van der Waals surface area contributed by atoms with Gasteiger partial charge in [-0.15, -0.1) is 11.8 Å². The zero-order valence-electron chi connectivity index (χ0n) is 8.23. The van der Waals surface area contributed by atoms with E-state index in [-0.39, 0.29) is 0 Å². The molecule has 2 rings (SSSR count). The van der Waals surface area contributed by atoms with E-state index < -0.39 is 0 Å². The van der Waals surface area contributed by atoms with E-state index in [9.17, 15) is 5.11 Å². The van der Waals surface area contributed by atoms with Crippen molar-refractivity contribution in [1.82, 2.24) is 5.32 Å². The average Bonchev–Trinajstić information content (AvgIpc) is 2.67. The van der Waals surface area contributed by atoms with Gasteiger partial charge in [-0.25, -0.2) is 0 Å². The van der Waals surface area contributed by atoms with Gasteiger partial charge in [0, 0.05) is 11.8 Å². The van der Waals surface area contributed by atoms with Crippen LogP contribution in [0.1, 0.15) is 24.3 Å². The summed E-state index contributed by atoms with van der Waals surface area (Å²) in [6.07, 6.45) is 1.18. The molecule has 3 heteroatoms. The molecule has 1 saturated heterocycles. The summed E-state index contributed by atoms with van der Waals surface area (Å²) in [5.41, 5.74) is 1.25. The fraction of sp³-hybridized carbons (Fsp3) is 0.455. The van der Waals surface area contributed by atoms with Gasteiger partial charge in [0.05, 0.1) is 5.37 Å². The van der Waals surface area contributed by atoms with E-state index in [0.29, 0.717) is 17.2 Å². The zero-order chi connectivity index (χ0) is 9.97. The molecular weight excluding hydrogens is 194 g/mol. The van der Waals surface area contributed by atoms with Crippen LogP contribution in [0.25, 0.3) is 0 Å². The molecule has 14 heavy (non-hydrogen) atoms. The monoisotopic (exact) mass is 209 g/mol. The highest BCUT2D eigenvalue weighted by Gasteiger charge is 2.23. The molecular formula is C11H15NOS. The van der Waals surface area contributed by atoms with Crippen LogP contribution in [-0.2, 0) is 0 Å². The topological polar surface area (TPSA) is 32.3 Å². The van der Waals surface area contributed by atoms with Crippen molar-refractivity contribution in [3.63, 3.8) is 0 Å². The molecule has 0 saturated carbocycles. The van der Waals surface area contributed by atoms with Gasteiger partial charge in [0.15, 0.2) is 0 Å². The number of aromatic hydroxyl groups is 1. The maximum atomic E-state index is 9.17. The van der Waals surface area contributed by atoms with Crippen LogP contribution in [0.15, 0.2) is 24.3 Å². The molecule has 0 bridgehead atoms. The maximum absolute atomic E-state index is 9.17. The first-order chi connectivity index (χ1) is 6.79. The largest absolute Gasteiger partial charge is 0.508 e. The molecule has 1 fully saturated rings. The van der Waals surface area contributed by atoms with Crippen molar-refractivity contribution in [3.8, 4) is 5.75 Å². The van der Waals surface area contributed by atoms with Crippen molar-refractivity contribution in [2.75, 3.05) is 5.75 Å². The van der Waals surface area contributed by atoms with Crippen LogP contribution in [0.4, 0.5) is 0 Å². The standard InChI is InChI=1S/C11H15NOS/c1-2-9-7-14-11(12-9)8-3-5-10(13)6-4-8/h3-6,9,11-13H,2,7H2,1H3. The Bertz CT molecular complexity index is 299. The van der Waals surface area contributed by atoms with E-state index in [2.05, 4.69) is 12.2 Å². The molecule has 1 aromatic carbocycles. The van der Waals surface area contributed by atoms with Gasteiger partial charge in [0.2, 0.25) is 0 Å². The highest BCUT2D eigenvalue weighted by Crippen LogP contribution is 2.33.